The fourth-order valence-electron chi connectivity index (χ4n) is 2.11. The first kappa shape index (κ1) is 20.7. The van der Waals surface area contributed by atoms with Crippen LogP contribution in [0.4, 0.5) is 20.6 Å². The normalized spacial score (nSPS) is 10.9. The number of nitrogens with one attached hydrogen (secondary N) is 2. The highest BCUT2D eigenvalue weighted by Gasteiger charge is 2.18. The summed E-state index contributed by atoms with van der Waals surface area (Å²) in [6, 6.07) is 8.77. The third-order valence-corrected chi connectivity index (χ3v) is 3.94. The van der Waals surface area contributed by atoms with Gasteiger partial charge in [-0.25, -0.2) is 9.18 Å². The van der Waals surface area contributed by atoms with E-state index in [9.17, 15) is 14.0 Å². The molecule has 0 spiro atoms. The molecule has 0 aliphatic heterocycles. The maximum atomic E-state index is 13.7. The van der Waals surface area contributed by atoms with Crippen molar-refractivity contribution in [3.8, 4) is 5.75 Å². The minimum atomic E-state index is -0.672. The number of benzene rings is 2. The Morgan fingerprint density at radius 1 is 1.04 bits per heavy atom. The number of hydrogen-bond donors (Lipinski definition) is 2. The lowest BCUT2D eigenvalue weighted by Gasteiger charge is -2.20. The number of anilines is 2. The Kier molecular flexibility index (Phi) is 6.43. The average Bonchev–Trinajstić information content (AvgIpc) is 2.57. The molecule has 2 aromatic rings. The number of amides is 2. The van der Waals surface area contributed by atoms with E-state index in [-0.39, 0.29) is 15.7 Å². The zero-order chi connectivity index (χ0) is 20.2. The van der Waals surface area contributed by atoms with E-state index >= 15 is 0 Å². The van der Waals surface area contributed by atoms with Crippen molar-refractivity contribution in [2.75, 3.05) is 17.7 Å². The summed E-state index contributed by atoms with van der Waals surface area (Å²) in [4.78, 5) is 24.5. The van der Waals surface area contributed by atoms with Crippen molar-refractivity contribution < 1.29 is 23.5 Å². The van der Waals surface area contributed by atoms with Gasteiger partial charge >= 0.3 is 6.09 Å². The van der Waals surface area contributed by atoms with E-state index in [0.717, 1.165) is 6.07 Å². The number of hydrogen-bond acceptors (Lipinski definition) is 4. The summed E-state index contributed by atoms with van der Waals surface area (Å²) >= 11 is 3.04. The molecule has 0 heterocycles. The van der Waals surface area contributed by atoms with Crippen molar-refractivity contribution >= 4 is 39.3 Å². The van der Waals surface area contributed by atoms with Gasteiger partial charge < -0.3 is 14.8 Å². The Labute approximate surface area is 165 Å². The molecule has 2 amide bonds. The molecule has 0 radical (unpaired) electrons. The van der Waals surface area contributed by atoms with Crippen molar-refractivity contribution in [2.24, 2.45) is 0 Å². The lowest BCUT2D eigenvalue weighted by atomic mass is 10.2. The molecule has 2 N–H and O–H groups in total. The molecule has 2 rings (SSSR count). The van der Waals surface area contributed by atoms with Crippen LogP contribution in [-0.2, 0) is 4.74 Å². The van der Waals surface area contributed by atoms with Crippen molar-refractivity contribution in [2.45, 2.75) is 26.4 Å². The van der Waals surface area contributed by atoms with E-state index < -0.39 is 23.4 Å². The van der Waals surface area contributed by atoms with Gasteiger partial charge in [-0.15, -0.1) is 0 Å². The molecule has 0 unspecified atom stereocenters. The molecule has 0 aliphatic rings. The van der Waals surface area contributed by atoms with Crippen LogP contribution >= 0.6 is 15.9 Å². The fraction of sp³-hybridized carbons (Fsp3) is 0.263. The molecule has 0 aromatic heterocycles. The van der Waals surface area contributed by atoms with Gasteiger partial charge in [0.1, 0.15) is 17.2 Å². The molecule has 0 atom stereocenters. The number of rotatable bonds is 4. The molecule has 0 fully saturated rings. The highest BCUT2D eigenvalue weighted by Crippen LogP contribution is 2.28. The monoisotopic (exact) mass is 438 g/mol. The number of halogens is 2. The molecule has 0 aliphatic carbocycles. The zero-order valence-corrected chi connectivity index (χ0v) is 16.9. The maximum Gasteiger partial charge on any atom is 0.412 e. The Balaban J connectivity index is 2.26. The van der Waals surface area contributed by atoms with E-state index in [0.29, 0.717) is 11.4 Å². The predicted molar refractivity (Wildman–Crippen MR) is 105 cm³/mol. The maximum absolute atomic E-state index is 13.7. The molecule has 0 saturated heterocycles. The largest absolute Gasteiger partial charge is 0.497 e. The number of ether oxygens (including phenoxy) is 2. The molecule has 0 bridgehead atoms. The quantitative estimate of drug-likeness (QED) is 0.687. The summed E-state index contributed by atoms with van der Waals surface area (Å²) in [7, 11) is 1.48. The topological polar surface area (TPSA) is 76.7 Å². The molecule has 6 nitrogen and oxygen atoms in total. The third-order valence-electron chi connectivity index (χ3n) is 3.29. The molecule has 144 valence electrons. The fourth-order valence-corrected chi connectivity index (χ4v) is 2.35. The van der Waals surface area contributed by atoms with E-state index in [2.05, 4.69) is 26.6 Å². The summed E-state index contributed by atoms with van der Waals surface area (Å²) < 4.78 is 24.3. The second-order valence-electron chi connectivity index (χ2n) is 6.62. The van der Waals surface area contributed by atoms with E-state index in [1.807, 2.05) is 0 Å². The number of carbonyl (C=O) groups is 2. The van der Waals surface area contributed by atoms with E-state index in [4.69, 9.17) is 9.47 Å². The van der Waals surface area contributed by atoms with Crippen LogP contribution in [-0.4, -0.2) is 24.7 Å². The van der Waals surface area contributed by atoms with Crippen molar-refractivity contribution in [3.05, 3.63) is 52.3 Å². The first-order valence-corrected chi connectivity index (χ1v) is 8.83. The Morgan fingerprint density at radius 3 is 2.33 bits per heavy atom. The molecule has 8 heteroatoms. The van der Waals surface area contributed by atoms with Crippen LogP contribution < -0.4 is 15.4 Å². The van der Waals surface area contributed by atoms with Gasteiger partial charge in [-0.3, -0.25) is 10.1 Å². The minimum Gasteiger partial charge on any atom is -0.497 e. The predicted octanol–water partition coefficient (Wildman–Crippen LogP) is 5.20. The summed E-state index contributed by atoms with van der Waals surface area (Å²) in [5.74, 6) is -0.621. The lowest BCUT2D eigenvalue weighted by molar-refractivity contribution is 0.0635. The van der Waals surface area contributed by atoms with Gasteiger partial charge in [0.15, 0.2) is 0 Å². The van der Waals surface area contributed by atoms with Crippen LogP contribution in [0.2, 0.25) is 0 Å². The van der Waals surface area contributed by atoms with Gasteiger partial charge in [-0.1, -0.05) is 0 Å². The van der Waals surface area contributed by atoms with Crippen molar-refractivity contribution in [1.29, 1.82) is 0 Å². The zero-order valence-electron chi connectivity index (χ0n) is 15.4. The van der Waals surface area contributed by atoms with Crippen LogP contribution in [0.15, 0.2) is 40.9 Å². The molecular weight excluding hydrogens is 419 g/mol. The summed E-state index contributed by atoms with van der Waals surface area (Å²) in [6.07, 6.45) is -0.669. The minimum absolute atomic E-state index is 0.127. The van der Waals surface area contributed by atoms with Gasteiger partial charge in [-0.05, 0) is 67.0 Å². The highest BCUT2D eigenvalue weighted by atomic mass is 79.9. The van der Waals surface area contributed by atoms with E-state index in [1.54, 1.807) is 39.0 Å². The number of methoxy groups -OCH3 is 1. The third kappa shape index (κ3) is 5.96. The van der Waals surface area contributed by atoms with Crippen molar-refractivity contribution in [1.82, 2.24) is 0 Å². The van der Waals surface area contributed by atoms with Crippen LogP contribution in [0.1, 0.15) is 31.1 Å². The first-order valence-electron chi connectivity index (χ1n) is 8.03. The van der Waals surface area contributed by atoms with Gasteiger partial charge in [-0.2, -0.15) is 0 Å². The standard InChI is InChI=1S/C19H20BrFN2O4/c1-19(2,3)27-18(25)23-15-8-6-12(26-4)10-16(15)22-17(24)11-5-7-13(20)14(21)9-11/h5-10H,1-4H3,(H,22,24)(H,23,25). The second kappa shape index (κ2) is 8.39. The molecular formula is C19H20BrFN2O4. The second-order valence-corrected chi connectivity index (χ2v) is 7.48. The van der Waals surface area contributed by atoms with Gasteiger partial charge in [0.2, 0.25) is 0 Å². The average molecular weight is 439 g/mol. The van der Waals surface area contributed by atoms with Gasteiger partial charge in [0.05, 0.1) is 23.0 Å². The summed E-state index contributed by atoms with van der Waals surface area (Å²) in [5, 5.41) is 5.23. The lowest BCUT2D eigenvalue weighted by Crippen LogP contribution is -2.27. The summed E-state index contributed by atoms with van der Waals surface area (Å²) in [5.41, 5.74) is 0.0563. The summed E-state index contributed by atoms with van der Waals surface area (Å²) in [6.45, 7) is 5.22. The Hall–Kier alpha value is -2.61. The smallest absolute Gasteiger partial charge is 0.412 e. The molecule has 0 saturated carbocycles. The first-order chi connectivity index (χ1) is 12.6. The Morgan fingerprint density at radius 2 is 1.74 bits per heavy atom. The molecule has 2 aromatic carbocycles. The Bertz CT molecular complexity index is 865. The van der Waals surface area contributed by atoms with Crippen LogP contribution in [0.25, 0.3) is 0 Å². The molecule has 27 heavy (non-hydrogen) atoms. The highest BCUT2D eigenvalue weighted by molar-refractivity contribution is 9.10. The van der Waals surface area contributed by atoms with Crippen molar-refractivity contribution in [3.63, 3.8) is 0 Å². The van der Waals surface area contributed by atoms with Gasteiger partial charge in [0.25, 0.3) is 5.91 Å². The van der Waals surface area contributed by atoms with E-state index in [1.165, 1.54) is 19.2 Å². The van der Waals surface area contributed by atoms with Crippen LogP contribution in [0.5, 0.6) is 5.75 Å². The van der Waals surface area contributed by atoms with Gasteiger partial charge in [0, 0.05) is 11.6 Å². The SMILES string of the molecule is COc1ccc(NC(=O)OC(C)(C)C)c(NC(=O)c2ccc(Br)c(F)c2)c1. The number of carbonyl (C=O) groups excluding carboxylic acids is 2. The van der Waals surface area contributed by atoms with Crippen LogP contribution in [0.3, 0.4) is 0 Å². The van der Waals surface area contributed by atoms with Crippen LogP contribution in [0, 0.1) is 5.82 Å².